The Balaban J connectivity index is 1.38. The minimum absolute atomic E-state index is 0.00468. The van der Waals surface area contributed by atoms with Gasteiger partial charge in [-0.05, 0) is 37.3 Å². The fourth-order valence-corrected chi connectivity index (χ4v) is 3.60. The van der Waals surface area contributed by atoms with Crippen molar-refractivity contribution in [1.82, 2.24) is 20.1 Å². The summed E-state index contributed by atoms with van der Waals surface area (Å²) >= 11 is 0. The van der Waals surface area contributed by atoms with Crippen LogP contribution >= 0.6 is 0 Å². The van der Waals surface area contributed by atoms with E-state index in [0.717, 1.165) is 5.39 Å². The van der Waals surface area contributed by atoms with Gasteiger partial charge in [0.15, 0.2) is 0 Å². The molecule has 0 atom stereocenters. The number of benzene rings is 1. The first-order chi connectivity index (χ1) is 15.0. The Bertz CT molecular complexity index is 995. The van der Waals surface area contributed by atoms with E-state index in [1.54, 1.807) is 36.2 Å². The summed E-state index contributed by atoms with van der Waals surface area (Å²) < 4.78 is 6.34. The maximum atomic E-state index is 12.5. The summed E-state index contributed by atoms with van der Waals surface area (Å²) in [6, 6.07) is 9.02. The number of pyridine rings is 1. The number of hydrogen-bond acceptors (Lipinski definition) is 5. The van der Waals surface area contributed by atoms with Crippen LogP contribution in [-0.2, 0) is 20.9 Å². The highest BCUT2D eigenvalue weighted by Crippen LogP contribution is 2.11. The van der Waals surface area contributed by atoms with Crippen LogP contribution < -0.4 is 16.2 Å². The first kappa shape index (κ1) is 22.3. The lowest BCUT2D eigenvalue weighted by molar-refractivity contribution is -0.123. The van der Waals surface area contributed by atoms with Gasteiger partial charge in [0, 0.05) is 43.7 Å². The maximum absolute atomic E-state index is 12.5. The highest BCUT2D eigenvalue weighted by Gasteiger charge is 2.24. The molecule has 0 unspecified atom stereocenters. The lowest BCUT2D eigenvalue weighted by Crippen LogP contribution is -2.47. The van der Waals surface area contributed by atoms with Crippen molar-refractivity contribution in [2.24, 2.45) is 0 Å². The van der Waals surface area contributed by atoms with E-state index in [-0.39, 0.29) is 49.0 Å². The number of likely N-dealkylation sites (tertiary alicyclic amines) is 1. The van der Waals surface area contributed by atoms with Gasteiger partial charge in [0.05, 0.1) is 6.61 Å². The molecule has 2 heterocycles. The van der Waals surface area contributed by atoms with Gasteiger partial charge in [0.1, 0.15) is 6.54 Å². The average Bonchev–Trinajstić information content (AvgIpc) is 2.76. The van der Waals surface area contributed by atoms with E-state index in [1.807, 2.05) is 12.1 Å². The fourth-order valence-electron chi connectivity index (χ4n) is 3.60. The highest BCUT2D eigenvalue weighted by molar-refractivity contribution is 5.82. The molecule has 1 aliphatic heterocycles. The second kappa shape index (κ2) is 10.6. The van der Waals surface area contributed by atoms with E-state index in [0.29, 0.717) is 37.9 Å². The number of nitrogens with zero attached hydrogens (tertiary/aromatic N) is 2. The summed E-state index contributed by atoms with van der Waals surface area (Å²) in [7, 11) is 0. The number of carbonyl (C=O) groups is 3. The largest absolute Gasteiger partial charge is 0.450 e. The van der Waals surface area contributed by atoms with Crippen molar-refractivity contribution in [2.75, 3.05) is 26.2 Å². The normalized spacial score (nSPS) is 14.3. The summed E-state index contributed by atoms with van der Waals surface area (Å²) in [6.45, 7) is 3.29. The molecule has 31 heavy (non-hydrogen) atoms. The van der Waals surface area contributed by atoms with E-state index in [1.165, 1.54) is 4.57 Å². The predicted molar refractivity (Wildman–Crippen MR) is 116 cm³/mol. The van der Waals surface area contributed by atoms with Crippen molar-refractivity contribution in [1.29, 1.82) is 0 Å². The minimum atomic E-state index is -0.326. The third-order valence-electron chi connectivity index (χ3n) is 5.26. The van der Waals surface area contributed by atoms with Crippen LogP contribution in [0.2, 0.25) is 0 Å². The van der Waals surface area contributed by atoms with Crippen LogP contribution in [0.1, 0.15) is 26.2 Å². The van der Waals surface area contributed by atoms with Crippen LogP contribution in [0.3, 0.4) is 0 Å². The van der Waals surface area contributed by atoms with Crippen LogP contribution in [0, 0.1) is 0 Å². The smallest absolute Gasteiger partial charge is 0.409 e. The number of rotatable bonds is 7. The molecule has 0 aliphatic carbocycles. The monoisotopic (exact) mass is 428 g/mol. The summed E-state index contributed by atoms with van der Waals surface area (Å²) in [6.07, 6.45) is 2.76. The molecule has 0 saturated carbocycles. The van der Waals surface area contributed by atoms with E-state index >= 15 is 0 Å². The molecule has 3 amide bonds. The van der Waals surface area contributed by atoms with Crippen LogP contribution in [0.25, 0.3) is 10.8 Å². The Morgan fingerprint density at radius 1 is 1.10 bits per heavy atom. The quantitative estimate of drug-likeness (QED) is 0.690. The SMILES string of the molecule is CCOC(=O)N1CCC(NC(=O)CCNC(=O)Cn2ccc3ccccc3c2=O)CC1. The van der Waals surface area contributed by atoms with Gasteiger partial charge in [-0.15, -0.1) is 0 Å². The number of piperidine rings is 1. The molecule has 0 radical (unpaired) electrons. The van der Waals surface area contributed by atoms with Crippen LogP contribution in [0.4, 0.5) is 4.79 Å². The molecule has 1 saturated heterocycles. The lowest BCUT2D eigenvalue weighted by atomic mass is 10.1. The number of aromatic nitrogens is 1. The number of hydrogen-bond donors (Lipinski definition) is 2. The zero-order valence-corrected chi connectivity index (χ0v) is 17.6. The molecule has 166 valence electrons. The third kappa shape index (κ3) is 6.07. The van der Waals surface area contributed by atoms with E-state index in [4.69, 9.17) is 4.74 Å². The van der Waals surface area contributed by atoms with Gasteiger partial charge in [-0.25, -0.2) is 4.79 Å². The molecule has 0 spiro atoms. The van der Waals surface area contributed by atoms with Crippen molar-refractivity contribution in [3.8, 4) is 0 Å². The predicted octanol–water partition coefficient (Wildman–Crippen LogP) is 1.24. The summed E-state index contributed by atoms with van der Waals surface area (Å²) in [5.74, 6) is -0.481. The Morgan fingerprint density at radius 3 is 2.58 bits per heavy atom. The zero-order chi connectivity index (χ0) is 22.2. The summed E-state index contributed by atoms with van der Waals surface area (Å²) in [4.78, 5) is 50.1. The van der Waals surface area contributed by atoms with Crippen molar-refractivity contribution in [2.45, 2.75) is 38.8 Å². The standard InChI is InChI=1S/C22H28N4O5/c1-2-31-22(30)25-13-9-17(10-14-25)24-19(27)7-11-23-20(28)15-26-12-8-16-5-3-4-6-18(16)21(26)29/h3-6,8,12,17H,2,7,9-11,13-15H2,1H3,(H,23,28)(H,24,27). The van der Waals surface area contributed by atoms with Crippen molar-refractivity contribution < 1.29 is 19.1 Å². The van der Waals surface area contributed by atoms with Crippen LogP contribution in [-0.4, -0.2) is 59.7 Å². The van der Waals surface area contributed by atoms with Gasteiger partial charge in [0.2, 0.25) is 11.8 Å². The Hall–Kier alpha value is -3.36. The first-order valence-corrected chi connectivity index (χ1v) is 10.5. The van der Waals surface area contributed by atoms with E-state index < -0.39 is 0 Å². The molecule has 1 aromatic carbocycles. The van der Waals surface area contributed by atoms with Gasteiger partial charge >= 0.3 is 6.09 Å². The molecule has 3 rings (SSSR count). The minimum Gasteiger partial charge on any atom is -0.450 e. The molecule has 2 N–H and O–H groups in total. The number of fused-ring (bicyclic) bond motifs is 1. The second-order valence-corrected chi connectivity index (χ2v) is 7.46. The molecule has 1 aliphatic rings. The Morgan fingerprint density at radius 2 is 1.84 bits per heavy atom. The van der Waals surface area contributed by atoms with Gasteiger partial charge in [-0.1, -0.05) is 18.2 Å². The van der Waals surface area contributed by atoms with Crippen molar-refractivity contribution in [3.63, 3.8) is 0 Å². The van der Waals surface area contributed by atoms with Gasteiger partial charge in [0.25, 0.3) is 5.56 Å². The topological polar surface area (TPSA) is 110 Å². The van der Waals surface area contributed by atoms with Crippen molar-refractivity contribution in [3.05, 3.63) is 46.9 Å². The number of nitrogens with one attached hydrogen (secondary N) is 2. The summed E-state index contributed by atoms with van der Waals surface area (Å²) in [5.41, 5.74) is -0.222. The fraction of sp³-hybridized carbons (Fsp3) is 0.455. The molecule has 9 heteroatoms. The van der Waals surface area contributed by atoms with E-state index in [9.17, 15) is 19.2 Å². The first-order valence-electron chi connectivity index (χ1n) is 10.5. The molecule has 0 bridgehead atoms. The number of ether oxygens (including phenoxy) is 1. The van der Waals surface area contributed by atoms with Crippen LogP contribution in [0.15, 0.2) is 41.3 Å². The molecule has 9 nitrogen and oxygen atoms in total. The lowest BCUT2D eigenvalue weighted by Gasteiger charge is -2.31. The van der Waals surface area contributed by atoms with Crippen LogP contribution in [0.5, 0.6) is 0 Å². The summed E-state index contributed by atoms with van der Waals surface area (Å²) in [5, 5.41) is 7.01. The molecule has 1 fully saturated rings. The molecular weight excluding hydrogens is 400 g/mol. The Kier molecular flexibility index (Phi) is 7.64. The van der Waals surface area contributed by atoms with E-state index in [2.05, 4.69) is 10.6 Å². The number of carbonyl (C=O) groups excluding carboxylic acids is 3. The highest BCUT2D eigenvalue weighted by atomic mass is 16.6. The number of amides is 3. The molecular formula is C22H28N4O5. The van der Waals surface area contributed by atoms with Crippen molar-refractivity contribution >= 4 is 28.7 Å². The molecule has 1 aromatic heterocycles. The zero-order valence-electron chi connectivity index (χ0n) is 17.6. The van der Waals surface area contributed by atoms with Gasteiger partial charge < -0.3 is 24.8 Å². The second-order valence-electron chi connectivity index (χ2n) is 7.46. The van der Waals surface area contributed by atoms with Gasteiger partial charge in [-0.3, -0.25) is 14.4 Å². The third-order valence-corrected chi connectivity index (χ3v) is 5.26. The average molecular weight is 428 g/mol. The molecule has 2 aromatic rings. The maximum Gasteiger partial charge on any atom is 0.409 e. The Labute approximate surface area is 180 Å². The van der Waals surface area contributed by atoms with Gasteiger partial charge in [-0.2, -0.15) is 0 Å².